The highest BCUT2D eigenvalue weighted by atomic mass is 35.5. The Kier molecular flexibility index (Phi) is 2.77. The Hall–Kier alpha value is -1.58. The molecule has 3 rings (SSSR count). The van der Waals surface area contributed by atoms with E-state index >= 15 is 0 Å². The minimum atomic E-state index is -3.89. The second-order valence-corrected chi connectivity index (χ2v) is 6.53. The van der Waals surface area contributed by atoms with Gasteiger partial charge in [0, 0.05) is 17.6 Å². The van der Waals surface area contributed by atoms with Gasteiger partial charge in [-0.1, -0.05) is 16.8 Å². The molecule has 0 aliphatic rings. The molecule has 0 fully saturated rings. The summed E-state index contributed by atoms with van der Waals surface area (Å²) < 4.78 is 33.0. The van der Waals surface area contributed by atoms with E-state index in [1.165, 1.54) is 21.8 Å². The van der Waals surface area contributed by atoms with Gasteiger partial charge in [-0.25, -0.2) is 9.71 Å². The zero-order chi connectivity index (χ0) is 13.6. The molecule has 1 N–H and O–H groups in total. The fraction of sp³-hybridized carbons (Fsp3) is 0.111. The molecule has 3 heterocycles. The normalized spacial score (nSPS) is 12.1. The van der Waals surface area contributed by atoms with Crippen LogP contribution in [0, 0.1) is 6.92 Å². The number of thiazole rings is 1. The minimum absolute atomic E-state index is 0.0266. The highest BCUT2D eigenvalue weighted by Crippen LogP contribution is 2.27. The summed E-state index contributed by atoms with van der Waals surface area (Å²) in [5.74, 6) is 0.0266. The molecular weight excluding hydrogens is 312 g/mol. The number of halogens is 1. The molecule has 0 aliphatic carbocycles. The molecule has 0 unspecified atom stereocenters. The summed E-state index contributed by atoms with van der Waals surface area (Å²) in [7, 11) is -3.89. The third kappa shape index (κ3) is 2.09. The number of fused-ring (bicyclic) bond motifs is 1. The molecule has 7 nitrogen and oxygen atoms in total. The van der Waals surface area contributed by atoms with E-state index < -0.39 is 10.0 Å². The summed E-state index contributed by atoms with van der Waals surface area (Å²) in [4.78, 5) is 4.47. The maximum Gasteiger partial charge on any atom is 0.283 e. The van der Waals surface area contributed by atoms with Crippen LogP contribution in [0.15, 0.2) is 27.2 Å². The van der Waals surface area contributed by atoms with E-state index in [-0.39, 0.29) is 16.1 Å². The summed E-state index contributed by atoms with van der Waals surface area (Å²) in [6, 6.07) is 1.47. The van der Waals surface area contributed by atoms with Crippen LogP contribution in [0.2, 0.25) is 5.15 Å². The number of aryl methyl sites for hydroxylation is 1. The van der Waals surface area contributed by atoms with Gasteiger partial charge in [0.25, 0.3) is 10.0 Å². The van der Waals surface area contributed by atoms with E-state index in [4.69, 9.17) is 16.1 Å². The quantitative estimate of drug-likeness (QED) is 0.799. The van der Waals surface area contributed by atoms with E-state index in [9.17, 15) is 8.42 Å². The van der Waals surface area contributed by atoms with Crippen LogP contribution in [-0.2, 0) is 10.0 Å². The third-order valence-corrected chi connectivity index (χ3v) is 4.80. The number of rotatable bonds is 3. The molecule has 0 bridgehead atoms. The van der Waals surface area contributed by atoms with Crippen LogP contribution in [0.3, 0.4) is 0 Å². The maximum atomic E-state index is 12.3. The molecular formula is C9H7ClN4O3S2. The number of imidazole rings is 1. The Labute approximate surface area is 116 Å². The molecule has 0 radical (unpaired) electrons. The van der Waals surface area contributed by atoms with Gasteiger partial charge < -0.3 is 4.52 Å². The van der Waals surface area contributed by atoms with Crippen molar-refractivity contribution in [1.82, 2.24) is 14.5 Å². The van der Waals surface area contributed by atoms with Crippen LogP contribution in [0.4, 0.5) is 5.88 Å². The zero-order valence-corrected chi connectivity index (χ0v) is 11.9. The van der Waals surface area contributed by atoms with Crippen LogP contribution >= 0.6 is 22.9 Å². The molecule has 3 aromatic heterocycles. The monoisotopic (exact) mass is 318 g/mol. The smallest absolute Gasteiger partial charge is 0.283 e. The molecule has 0 aliphatic heterocycles. The van der Waals surface area contributed by atoms with E-state index in [0.717, 1.165) is 0 Å². The summed E-state index contributed by atoms with van der Waals surface area (Å²) in [6.07, 6.45) is 1.58. The van der Waals surface area contributed by atoms with Crippen molar-refractivity contribution in [2.45, 2.75) is 11.9 Å². The van der Waals surface area contributed by atoms with Crippen LogP contribution in [-0.4, -0.2) is 23.0 Å². The van der Waals surface area contributed by atoms with Crippen LogP contribution in [0.1, 0.15) is 5.69 Å². The number of aromatic nitrogens is 3. The topological polar surface area (TPSA) is 89.5 Å². The molecule has 0 saturated carbocycles. The highest BCUT2D eigenvalue weighted by Gasteiger charge is 2.26. The van der Waals surface area contributed by atoms with Crippen LogP contribution in [0.25, 0.3) is 4.96 Å². The van der Waals surface area contributed by atoms with E-state index in [1.54, 1.807) is 18.5 Å². The Morgan fingerprint density at radius 2 is 2.32 bits per heavy atom. The molecule has 0 amide bonds. The third-order valence-electron chi connectivity index (χ3n) is 2.30. The van der Waals surface area contributed by atoms with Crippen molar-refractivity contribution in [3.63, 3.8) is 0 Å². The number of nitrogens with one attached hydrogen (secondary N) is 1. The number of anilines is 1. The average molecular weight is 319 g/mol. The van der Waals surface area contributed by atoms with E-state index in [2.05, 4.69) is 14.9 Å². The average Bonchev–Trinajstić information content (AvgIpc) is 2.93. The number of nitrogens with zero attached hydrogens (tertiary/aromatic N) is 3. The Bertz CT molecular complexity index is 848. The molecule has 0 aromatic carbocycles. The van der Waals surface area contributed by atoms with Crippen LogP contribution < -0.4 is 4.72 Å². The fourth-order valence-electron chi connectivity index (χ4n) is 1.57. The molecule has 0 spiro atoms. The Morgan fingerprint density at radius 3 is 3.00 bits per heavy atom. The van der Waals surface area contributed by atoms with E-state index in [0.29, 0.717) is 10.7 Å². The lowest BCUT2D eigenvalue weighted by molar-refractivity contribution is 0.430. The van der Waals surface area contributed by atoms with Gasteiger partial charge in [0.05, 0.1) is 5.69 Å². The van der Waals surface area contributed by atoms with Crippen molar-refractivity contribution in [3.05, 3.63) is 28.5 Å². The van der Waals surface area contributed by atoms with Crippen molar-refractivity contribution in [1.29, 1.82) is 0 Å². The van der Waals surface area contributed by atoms with Gasteiger partial charge in [-0.15, -0.1) is 11.3 Å². The molecule has 10 heteroatoms. The number of hydrogen-bond acceptors (Lipinski definition) is 6. The van der Waals surface area contributed by atoms with Gasteiger partial charge in [0.2, 0.25) is 5.88 Å². The van der Waals surface area contributed by atoms with Crippen molar-refractivity contribution in [2.75, 3.05) is 4.72 Å². The van der Waals surface area contributed by atoms with Crippen molar-refractivity contribution in [2.24, 2.45) is 0 Å². The van der Waals surface area contributed by atoms with Crippen molar-refractivity contribution >= 4 is 43.8 Å². The SMILES string of the molecule is Cc1cc(NS(=O)(=O)c2c(Cl)nc3sccn23)on1. The van der Waals surface area contributed by atoms with E-state index in [1.807, 2.05) is 0 Å². The van der Waals surface area contributed by atoms with Gasteiger partial charge in [0.1, 0.15) is 0 Å². The summed E-state index contributed by atoms with van der Waals surface area (Å²) in [5.41, 5.74) is 0.567. The summed E-state index contributed by atoms with van der Waals surface area (Å²) >= 11 is 7.16. The van der Waals surface area contributed by atoms with Crippen molar-refractivity contribution < 1.29 is 12.9 Å². The first-order valence-corrected chi connectivity index (χ1v) is 7.78. The van der Waals surface area contributed by atoms with Crippen LogP contribution in [0.5, 0.6) is 0 Å². The molecule has 19 heavy (non-hydrogen) atoms. The molecule has 100 valence electrons. The summed E-state index contributed by atoms with van der Waals surface area (Å²) in [5, 5.41) is 5.11. The lowest BCUT2D eigenvalue weighted by Gasteiger charge is -2.03. The van der Waals surface area contributed by atoms with Gasteiger partial charge in [-0.05, 0) is 6.92 Å². The molecule has 0 atom stereocenters. The first-order valence-electron chi connectivity index (χ1n) is 5.04. The lowest BCUT2D eigenvalue weighted by Crippen LogP contribution is -2.14. The van der Waals surface area contributed by atoms with Gasteiger partial charge in [-0.2, -0.15) is 8.42 Å². The van der Waals surface area contributed by atoms with Crippen molar-refractivity contribution in [3.8, 4) is 0 Å². The Morgan fingerprint density at radius 1 is 1.53 bits per heavy atom. The van der Waals surface area contributed by atoms with Gasteiger partial charge >= 0.3 is 0 Å². The highest BCUT2D eigenvalue weighted by molar-refractivity contribution is 7.92. The predicted octanol–water partition coefficient (Wildman–Crippen LogP) is 2.15. The zero-order valence-electron chi connectivity index (χ0n) is 9.49. The number of hydrogen-bond donors (Lipinski definition) is 1. The standard InChI is InChI=1S/C9H7ClN4O3S2/c1-5-4-6(17-12-5)13-19(15,16)8-7(10)11-9-14(8)2-3-18-9/h2-4,13H,1H3. The Balaban J connectivity index is 2.09. The molecule has 0 saturated heterocycles. The predicted molar refractivity (Wildman–Crippen MR) is 70.1 cm³/mol. The minimum Gasteiger partial charge on any atom is -0.338 e. The first-order chi connectivity index (χ1) is 8.97. The maximum absolute atomic E-state index is 12.3. The second-order valence-electron chi connectivity index (χ2n) is 3.70. The summed E-state index contributed by atoms with van der Waals surface area (Å²) in [6.45, 7) is 1.68. The molecule has 3 aromatic rings. The second kappa shape index (κ2) is 4.22. The largest absolute Gasteiger partial charge is 0.338 e. The number of sulfonamides is 1. The lowest BCUT2D eigenvalue weighted by atomic mass is 10.5. The van der Waals surface area contributed by atoms with Gasteiger partial charge in [0.15, 0.2) is 15.1 Å². The fourth-order valence-corrected chi connectivity index (χ4v) is 4.00. The first kappa shape index (κ1) is 12.5. The van der Waals surface area contributed by atoms with Gasteiger partial charge in [-0.3, -0.25) is 4.40 Å².